The van der Waals surface area contributed by atoms with Crippen LogP contribution in [0.25, 0.3) is 11.1 Å². The molecule has 0 unspecified atom stereocenters. The standard InChI is InChI=1S/C12H11ClN2/c13-12-4-2-1-3-11(12)10-5-9(6-14)7-15-8-10/h1-5,7-8H,6,14H2. The largest absolute Gasteiger partial charge is 0.326 e. The average Bonchev–Trinajstić information content (AvgIpc) is 2.30. The summed E-state index contributed by atoms with van der Waals surface area (Å²) in [4.78, 5) is 4.13. The Kier molecular flexibility index (Phi) is 2.99. The van der Waals surface area contributed by atoms with Crippen LogP contribution in [-0.4, -0.2) is 4.98 Å². The molecule has 76 valence electrons. The van der Waals surface area contributed by atoms with Crippen molar-refractivity contribution in [3.05, 3.63) is 53.3 Å². The van der Waals surface area contributed by atoms with E-state index in [0.717, 1.165) is 21.7 Å². The average molecular weight is 219 g/mol. The first kappa shape index (κ1) is 10.1. The molecule has 2 N–H and O–H groups in total. The van der Waals surface area contributed by atoms with E-state index in [1.807, 2.05) is 30.3 Å². The summed E-state index contributed by atoms with van der Waals surface area (Å²) in [6.07, 6.45) is 3.56. The lowest BCUT2D eigenvalue weighted by Crippen LogP contribution is -1.97. The van der Waals surface area contributed by atoms with Crippen LogP contribution < -0.4 is 5.73 Å². The van der Waals surface area contributed by atoms with Gasteiger partial charge in [-0.2, -0.15) is 0 Å². The first-order valence-electron chi connectivity index (χ1n) is 4.70. The summed E-state index contributed by atoms with van der Waals surface area (Å²) in [5.41, 5.74) is 8.56. The second-order valence-electron chi connectivity index (χ2n) is 3.27. The molecular weight excluding hydrogens is 208 g/mol. The molecule has 0 aliphatic heterocycles. The van der Waals surface area contributed by atoms with Gasteiger partial charge in [-0.25, -0.2) is 0 Å². The van der Waals surface area contributed by atoms with Crippen LogP contribution >= 0.6 is 11.6 Å². The van der Waals surface area contributed by atoms with E-state index in [0.29, 0.717) is 6.54 Å². The van der Waals surface area contributed by atoms with E-state index in [-0.39, 0.29) is 0 Å². The van der Waals surface area contributed by atoms with Crippen LogP contribution in [0, 0.1) is 0 Å². The van der Waals surface area contributed by atoms with Crippen molar-refractivity contribution in [3.8, 4) is 11.1 Å². The van der Waals surface area contributed by atoms with Gasteiger partial charge in [0.25, 0.3) is 0 Å². The van der Waals surface area contributed by atoms with Crippen molar-refractivity contribution in [3.63, 3.8) is 0 Å². The van der Waals surface area contributed by atoms with E-state index in [2.05, 4.69) is 4.98 Å². The van der Waals surface area contributed by atoms with Crippen LogP contribution in [0.15, 0.2) is 42.7 Å². The minimum absolute atomic E-state index is 0.491. The number of nitrogens with zero attached hydrogens (tertiary/aromatic N) is 1. The SMILES string of the molecule is NCc1cncc(-c2ccccc2Cl)c1. The molecule has 2 aromatic rings. The van der Waals surface area contributed by atoms with E-state index in [4.69, 9.17) is 17.3 Å². The van der Waals surface area contributed by atoms with Gasteiger partial charge in [0, 0.05) is 35.1 Å². The third kappa shape index (κ3) is 2.17. The number of pyridine rings is 1. The second kappa shape index (κ2) is 4.43. The smallest absolute Gasteiger partial charge is 0.0484 e. The number of aromatic nitrogens is 1. The minimum Gasteiger partial charge on any atom is -0.326 e. The number of nitrogens with two attached hydrogens (primary N) is 1. The lowest BCUT2D eigenvalue weighted by Gasteiger charge is -2.05. The maximum atomic E-state index is 6.10. The van der Waals surface area contributed by atoms with Crippen LogP contribution in [0.3, 0.4) is 0 Å². The van der Waals surface area contributed by atoms with Crippen molar-refractivity contribution in [2.24, 2.45) is 5.73 Å². The van der Waals surface area contributed by atoms with Gasteiger partial charge in [-0.15, -0.1) is 0 Å². The molecule has 0 saturated carbocycles. The molecule has 0 radical (unpaired) electrons. The van der Waals surface area contributed by atoms with E-state index < -0.39 is 0 Å². The number of hydrogen-bond donors (Lipinski definition) is 1. The summed E-state index contributed by atoms with van der Waals surface area (Å²) < 4.78 is 0. The molecule has 0 atom stereocenters. The molecule has 0 aliphatic carbocycles. The van der Waals surface area contributed by atoms with Crippen molar-refractivity contribution in [2.45, 2.75) is 6.54 Å². The molecule has 3 heteroatoms. The van der Waals surface area contributed by atoms with Gasteiger partial charge >= 0.3 is 0 Å². The Morgan fingerprint density at radius 3 is 2.73 bits per heavy atom. The predicted octanol–water partition coefficient (Wildman–Crippen LogP) is 2.86. The molecule has 15 heavy (non-hydrogen) atoms. The Morgan fingerprint density at radius 1 is 1.20 bits per heavy atom. The minimum atomic E-state index is 0.491. The topological polar surface area (TPSA) is 38.9 Å². The molecule has 0 amide bonds. The third-order valence-corrected chi connectivity index (χ3v) is 2.55. The van der Waals surface area contributed by atoms with E-state index in [1.54, 1.807) is 12.4 Å². The van der Waals surface area contributed by atoms with Gasteiger partial charge < -0.3 is 5.73 Å². The Morgan fingerprint density at radius 2 is 2.00 bits per heavy atom. The number of hydrogen-bond acceptors (Lipinski definition) is 2. The van der Waals surface area contributed by atoms with E-state index >= 15 is 0 Å². The molecular formula is C12H11ClN2. The molecule has 1 heterocycles. The summed E-state index contributed by atoms with van der Waals surface area (Å²) in [5.74, 6) is 0. The van der Waals surface area contributed by atoms with Gasteiger partial charge in [0.1, 0.15) is 0 Å². The number of halogens is 1. The van der Waals surface area contributed by atoms with Crippen LogP contribution in [0.4, 0.5) is 0 Å². The molecule has 0 bridgehead atoms. The Hall–Kier alpha value is -1.38. The van der Waals surface area contributed by atoms with Crippen LogP contribution in [0.2, 0.25) is 5.02 Å². The van der Waals surface area contributed by atoms with E-state index in [9.17, 15) is 0 Å². The molecule has 0 saturated heterocycles. The maximum absolute atomic E-state index is 6.10. The van der Waals surface area contributed by atoms with Crippen molar-refractivity contribution in [2.75, 3.05) is 0 Å². The Balaban J connectivity index is 2.49. The van der Waals surface area contributed by atoms with Gasteiger partial charge in [-0.05, 0) is 17.7 Å². The summed E-state index contributed by atoms with van der Waals surface area (Å²) >= 11 is 6.10. The zero-order valence-corrected chi connectivity index (χ0v) is 8.91. The highest BCUT2D eigenvalue weighted by molar-refractivity contribution is 6.33. The van der Waals surface area contributed by atoms with Crippen LogP contribution in [-0.2, 0) is 6.54 Å². The fraction of sp³-hybridized carbons (Fsp3) is 0.0833. The van der Waals surface area contributed by atoms with Gasteiger partial charge in [-0.1, -0.05) is 29.8 Å². The Labute approximate surface area is 93.7 Å². The quantitative estimate of drug-likeness (QED) is 0.842. The lowest BCUT2D eigenvalue weighted by atomic mass is 10.1. The monoisotopic (exact) mass is 218 g/mol. The highest BCUT2D eigenvalue weighted by atomic mass is 35.5. The van der Waals surface area contributed by atoms with Crippen LogP contribution in [0.5, 0.6) is 0 Å². The summed E-state index contributed by atoms with van der Waals surface area (Å²) in [6, 6.07) is 9.71. The van der Waals surface area contributed by atoms with E-state index in [1.165, 1.54) is 0 Å². The first-order chi connectivity index (χ1) is 7.31. The fourth-order valence-corrected chi connectivity index (χ4v) is 1.69. The summed E-state index contributed by atoms with van der Waals surface area (Å²) in [5, 5.41) is 0.730. The van der Waals surface area contributed by atoms with Crippen molar-refractivity contribution >= 4 is 11.6 Å². The second-order valence-corrected chi connectivity index (χ2v) is 3.67. The third-order valence-electron chi connectivity index (χ3n) is 2.22. The number of rotatable bonds is 2. The fourth-order valence-electron chi connectivity index (χ4n) is 1.44. The molecule has 0 spiro atoms. The molecule has 2 nitrogen and oxygen atoms in total. The molecule has 0 aliphatic rings. The van der Waals surface area contributed by atoms with Crippen LogP contribution in [0.1, 0.15) is 5.56 Å². The zero-order chi connectivity index (χ0) is 10.7. The summed E-state index contributed by atoms with van der Waals surface area (Å²) in [7, 11) is 0. The summed E-state index contributed by atoms with van der Waals surface area (Å²) in [6.45, 7) is 0.491. The highest BCUT2D eigenvalue weighted by Crippen LogP contribution is 2.27. The Bertz CT molecular complexity index is 469. The first-order valence-corrected chi connectivity index (χ1v) is 5.08. The van der Waals surface area contributed by atoms with Crippen molar-refractivity contribution in [1.82, 2.24) is 4.98 Å². The molecule has 1 aromatic carbocycles. The van der Waals surface area contributed by atoms with Crippen molar-refractivity contribution in [1.29, 1.82) is 0 Å². The maximum Gasteiger partial charge on any atom is 0.0484 e. The molecule has 2 rings (SSSR count). The predicted molar refractivity (Wildman–Crippen MR) is 62.6 cm³/mol. The highest BCUT2D eigenvalue weighted by Gasteiger charge is 2.02. The van der Waals surface area contributed by atoms with Gasteiger partial charge in [-0.3, -0.25) is 4.98 Å². The van der Waals surface area contributed by atoms with Crippen molar-refractivity contribution < 1.29 is 0 Å². The normalized spacial score (nSPS) is 10.3. The van der Waals surface area contributed by atoms with Gasteiger partial charge in [0.2, 0.25) is 0 Å². The number of benzene rings is 1. The lowest BCUT2D eigenvalue weighted by molar-refractivity contribution is 1.05. The van der Waals surface area contributed by atoms with Gasteiger partial charge in [0.15, 0.2) is 0 Å². The van der Waals surface area contributed by atoms with Gasteiger partial charge in [0.05, 0.1) is 0 Å². The molecule has 0 fully saturated rings. The zero-order valence-electron chi connectivity index (χ0n) is 8.15. The molecule has 1 aromatic heterocycles.